The van der Waals surface area contributed by atoms with Gasteiger partial charge in [-0.1, -0.05) is 19.0 Å². The monoisotopic (exact) mass is 270 g/mol. The SMILES string of the molecule is Cc1noc(CNC(=O)N[C@H](CC(C)C)C(=O)O)n1. The molecule has 0 bridgehead atoms. The van der Waals surface area contributed by atoms with E-state index in [1.807, 2.05) is 13.8 Å². The summed E-state index contributed by atoms with van der Waals surface area (Å²) in [5, 5.41) is 17.4. The van der Waals surface area contributed by atoms with Gasteiger partial charge in [0.2, 0.25) is 5.89 Å². The van der Waals surface area contributed by atoms with E-state index in [1.54, 1.807) is 6.92 Å². The smallest absolute Gasteiger partial charge is 0.326 e. The molecular weight excluding hydrogens is 252 g/mol. The predicted molar refractivity (Wildman–Crippen MR) is 65.3 cm³/mol. The zero-order valence-electron chi connectivity index (χ0n) is 11.1. The standard InChI is InChI=1S/C11H18N4O4/c1-6(2)4-8(10(16)17)14-11(18)12-5-9-13-7(3)15-19-9/h6,8H,4-5H2,1-3H3,(H,16,17)(H2,12,14,18)/t8-/m1/s1. The van der Waals surface area contributed by atoms with Gasteiger partial charge in [0.05, 0.1) is 6.54 Å². The van der Waals surface area contributed by atoms with Crippen LogP contribution in [-0.2, 0) is 11.3 Å². The maximum atomic E-state index is 11.5. The Hall–Kier alpha value is -2.12. The molecule has 8 nitrogen and oxygen atoms in total. The molecular formula is C11H18N4O4. The van der Waals surface area contributed by atoms with Gasteiger partial charge in [0.15, 0.2) is 5.82 Å². The molecule has 0 saturated heterocycles. The van der Waals surface area contributed by atoms with E-state index < -0.39 is 18.0 Å². The molecule has 0 fully saturated rings. The molecule has 0 aliphatic rings. The van der Waals surface area contributed by atoms with Crippen molar-refractivity contribution in [3.8, 4) is 0 Å². The van der Waals surface area contributed by atoms with E-state index in [9.17, 15) is 9.59 Å². The number of carboxylic acid groups (broad SMARTS) is 1. The largest absolute Gasteiger partial charge is 0.480 e. The molecule has 0 saturated carbocycles. The van der Waals surface area contributed by atoms with Crippen molar-refractivity contribution in [2.75, 3.05) is 0 Å². The van der Waals surface area contributed by atoms with E-state index in [0.717, 1.165) is 0 Å². The number of aryl methyl sites for hydroxylation is 1. The summed E-state index contributed by atoms with van der Waals surface area (Å²) in [6.07, 6.45) is 0.364. The molecule has 0 radical (unpaired) electrons. The van der Waals surface area contributed by atoms with E-state index in [0.29, 0.717) is 12.2 Å². The van der Waals surface area contributed by atoms with Crippen LogP contribution in [0.4, 0.5) is 4.79 Å². The Morgan fingerprint density at radius 2 is 2.11 bits per heavy atom. The minimum absolute atomic E-state index is 0.0562. The number of rotatable bonds is 6. The first-order valence-electron chi connectivity index (χ1n) is 5.95. The van der Waals surface area contributed by atoms with Gasteiger partial charge < -0.3 is 20.3 Å². The maximum absolute atomic E-state index is 11.5. The van der Waals surface area contributed by atoms with E-state index in [2.05, 4.69) is 20.8 Å². The first kappa shape index (κ1) is 14.9. The van der Waals surface area contributed by atoms with Crippen LogP contribution in [0.15, 0.2) is 4.52 Å². The molecule has 2 amide bonds. The third-order valence-corrected chi connectivity index (χ3v) is 2.28. The first-order chi connectivity index (χ1) is 8.88. The van der Waals surface area contributed by atoms with Gasteiger partial charge in [0.1, 0.15) is 6.04 Å². The molecule has 1 atom stereocenters. The van der Waals surface area contributed by atoms with Gasteiger partial charge in [-0.25, -0.2) is 9.59 Å². The normalized spacial score (nSPS) is 12.2. The number of aliphatic carboxylic acids is 1. The van der Waals surface area contributed by atoms with Crippen LogP contribution in [0.25, 0.3) is 0 Å². The number of nitrogens with one attached hydrogen (secondary N) is 2. The molecule has 0 unspecified atom stereocenters. The first-order valence-corrected chi connectivity index (χ1v) is 5.95. The summed E-state index contributed by atoms with van der Waals surface area (Å²) in [7, 11) is 0. The summed E-state index contributed by atoms with van der Waals surface area (Å²) in [5.74, 6) is -0.152. The van der Waals surface area contributed by atoms with Gasteiger partial charge in [0, 0.05) is 0 Å². The highest BCUT2D eigenvalue weighted by atomic mass is 16.5. The van der Waals surface area contributed by atoms with Gasteiger partial charge in [-0.15, -0.1) is 0 Å². The zero-order chi connectivity index (χ0) is 14.4. The summed E-state index contributed by atoms with van der Waals surface area (Å²) in [5.41, 5.74) is 0. The molecule has 0 aliphatic heterocycles. The summed E-state index contributed by atoms with van der Waals surface area (Å²) in [6, 6.07) is -1.49. The zero-order valence-corrected chi connectivity index (χ0v) is 11.1. The third kappa shape index (κ3) is 5.36. The molecule has 1 heterocycles. The van der Waals surface area contributed by atoms with E-state index in [1.165, 1.54) is 0 Å². The quantitative estimate of drug-likeness (QED) is 0.699. The van der Waals surface area contributed by atoms with Crippen molar-refractivity contribution < 1.29 is 19.2 Å². The average Bonchev–Trinajstić information content (AvgIpc) is 2.71. The van der Waals surface area contributed by atoms with Crippen LogP contribution in [0.1, 0.15) is 32.0 Å². The molecule has 8 heteroatoms. The molecule has 106 valence electrons. The average molecular weight is 270 g/mol. The number of carboxylic acids is 1. The predicted octanol–water partition coefficient (Wildman–Crippen LogP) is 0.677. The lowest BCUT2D eigenvalue weighted by Gasteiger charge is -2.16. The second kappa shape index (κ2) is 6.72. The Morgan fingerprint density at radius 1 is 1.42 bits per heavy atom. The number of aromatic nitrogens is 2. The number of amides is 2. The molecule has 1 rings (SSSR count). The Morgan fingerprint density at radius 3 is 2.58 bits per heavy atom. The van der Waals surface area contributed by atoms with Crippen LogP contribution in [0.5, 0.6) is 0 Å². The van der Waals surface area contributed by atoms with Crippen molar-refractivity contribution in [1.82, 2.24) is 20.8 Å². The second-order valence-electron chi connectivity index (χ2n) is 4.58. The van der Waals surface area contributed by atoms with Crippen molar-refractivity contribution in [2.24, 2.45) is 5.92 Å². The van der Waals surface area contributed by atoms with Crippen LogP contribution in [-0.4, -0.2) is 33.3 Å². The molecule has 1 aromatic rings. The van der Waals surface area contributed by atoms with E-state index in [-0.39, 0.29) is 18.4 Å². The van der Waals surface area contributed by atoms with Crippen molar-refractivity contribution in [3.05, 3.63) is 11.7 Å². The highest BCUT2D eigenvalue weighted by molar-refractivity contribution is 5.82. The molecule has 3 N–H and O–H groups in total. The summed E-state index contributed by atoms with van der Waals surface area (Å²) in [4.78, 5) is 26.4. The summed E-state index contributed by atoms with van der Waals surface area (Å²) < 4.78 is 4.81. The number of carbonyl (C=O) groups excluding carboxylic acids is 1. The minimum atomic E-state index is -1.06. The van der Waals surface area contributed by atoms with Gasteiger partial charge in [-0.3, -0.25) is 0 Å². The van der Waals surface area contributed by atoms with Gasteiger partial charge in [0.25, 0.3) is 0 Å². The van der Waals surface area contributed by atoms with Crippen molar-refractivity contribution in [3.63, 3.8) is 0 Å². The summed E-state index contributed by atoms with van der Waals surface area (Å²) in [6.45, 7) is 5.49. The number of hydrogen-bond acceptors (Lipinski definition) is 5. The topological polar surface area (TPSA) is 117 Å². The fourth-order valence-electron chi connectivity index (χ4n) is 1.47. The fraction of sp³-hybridized carbons (Fsp3) is 0.636. The lowest BCUT2D eigenvalue weighted by Crippen LogP contribution is -2.46. The minimum Gasteiger partial charge on any atom is -0.480 e. The number of hydrogen-bond donors (Lipinski definition) is 3. The van der Waals surface area contributed by atoms with Gasteiger partial charge in [-0.05, 0) is 19.3 Å². The highest BCUT2D eigenvalue weighted by Crippen LogP contribution is 2.04. The Labute approximate surface area is 110 Å². The highest BCUT2D eigenvalue weighted by Gasteiger charge is 2.21. The van der Waals surface area contributed by atoms with Crippen LogP contribution in [0.2, 0.25) is 0 Å². The second-order valence-corrected chi connectivity index (χ2v) is 4.58. The van der Waals surface area contributed by atoms with Gasteiger partial charge in [-0.2, -0.15) is 4.98 Å². The Bertz CT molecular complexity index is 444. The fourth-order valence-corrected chi connectivity index (χ4v) is 1.47. The Kier molecular flexibility index (Phi) is 5.28. The van der Waals surface area contributed by atoms with Crippen molar-refractivity contribution in [1.29, 1.82) is 0 Å². The van der Waals surface area contributed by atoms with Gasteiger partial charge >= 0.3 is 12.0 Å². The van der Waals surface area contributed by atoms with E-state index in [4.69, 9.17) is 9.63 Å². The molecule has 0 aliphatic carbocycles. The lowest BCUT2D eigenvalue weighted by molar-refractivity contribution is -0.139. The van der Waals surface area contributed by atoms with Crippen LogP contribution < -0.4 is 10.6 Å². The Balaban J connectivity index is 2.42. The van der Waals surface area contributed by atoms with Crippen molar-refractivity contribution >= 4 is 12.0 Å². The maximum Gasteiger partial charge on any atom is 0.326 e. The summed E-state index contributed by atoms with van der Waals surface area (Å²) >= 11 is 0. The van der Waals surface area contributed by atoms with E-state index >= 15 is 0 Å². The molecule has 0 aromatic carbocycles. The lowest BCUT2D eigenvalue weighted by atomic mass is 10.0. The number of carbonyl (C=O) groups is 2. The molecule has 19 heavy (non-hydrogen) atoms. The van der Waals surface area contributed by atoms with Crippen LogP contribution in [0, 0.1) is 12.8 Å². The number of nitrogens with zero attached hydrogens (tertiary/aromatic N) is 2. The van der Waals surface area contributed by atoms with Crippen molar-refractivity contribution in [2.45, 2.75) is 39.8 Å². The third-order valence-electron chi connectivity index (χ3n) is 2.28. The molecule has 1 aromatic heterocycles. The molecule has 0 spiro atoms. The van der Waals surface area contributed by atoms with Crippen LogP contribution >= 0.6 is 0 Å². The number of urea groups is 1. The van der Waals surface area contributed by atoms with Crippen LogP contribution in [0.3, 0.4) is 0 Å².